The number of hydrogen-bond donors (Lipinski definition) is 0. The van der Waals surface area contributed by atoms with E-state index in [2.05, 4.69) is 10.2 Å². The summed E-state index contributed by atoms with van der Waals surface area (Å²) >= 11 is 3.14. The van der Waals surface area contributed by atoms with Gasteiger partial charge in [-0.1, -0.05) is 41.3 Å². The quantitative estimate of drug-likeness (QED) is 0.581. The maximum atomic E-state index is 13.4. The Balaban J connectivity index is 1.66. The molecule has 3 heterocycles. The molecule has 1 amide bonds. The van der Waals surface area contributed by atoms with Gasteiger partial charge in [0.05, 0.1) is 11.7 Å². The van der Waals surface area contributed by atoms with Crippen LogP contribution in [0.25, 0.3) is 11.0 Å². The van der Waals surface area contributed by atoms with Crippen LogP contribution in [0.2, 0.25) is 0 Å². The first-order valence-electron chi connectivity index (χ1n) is 9.23. The first-order valence-corrected chi connectivity index (χ1v) is 11.0. The molecule has 1 unspecified atom stereocenters. The molecule has 1 fully saturated rings. The molecule has 8 heteroatoms. The zero-order valence-corrected chi connectivity index (χ0v) is 18.0. The Morgan fingerprint density at radius 2 is 2.14 bits per heavy atom. The predicted molar refractivity (Wildman–Crippen MR) is 111 cm³/mol. The Hall–Kier alpha value is -1.90. The molecule has 0 saturated carbocycles. The molecule has 0 N–H and O–H groups in total. The summed E-state index contributed by atoms with van der Waals surface area (Å²) in [6.45, 7) is 9.04. The topological polar surface area (TPSA) is 68.5 Å². The van der Waals surface area contributed by atoms with Crippen molar-refractivity contribution in [1.29, 1.82) is 0 Å². The third-order valence-electron chi connectivity index (χ3n) is 4.60. The summed E-state index contributed by atoms with van der Waals surface area (Å²) in [5, 5.41) is 10.2. The Morgan fingerprint density at radius 1 is 1.36 bits per heavy atom. The van der Waals surface area contributed by atoms with Crippen molar-refractivity contribution in [3.63, 3.8) is 0 Å². The van der Waals surface area contributed by atoms with Gasteiger partial charge in [-0.05, 0) is 33.8 Å². The molecule has 2 aromatic heterocycles. The first-order chi connectivity index (χ1) is 13.3. The average Bonchev–Trinajstić information content (AvgIpc) is 3.20. The maximum absolute atomic E-state index is 13.4. The number of morpholine rings is 1. The van der Waals surface area contributed by atoms with E-state index in [-0.39, 0.29) is 17.6 Å². The third-order valence-corrected chi connectivity index (χ3v) is 6.60. The minimum atomic E-state index is -0.377. The van der Waals surface area contributed by atoms with Crippen LogP contribution in [-0.2, 0) is 10.5 Å². The molecule has 1 saturated heterocycles. The molecular weight excluding hydrogens is 394 g/mol. The summed E-state index contributed by atoms with van der Waals surface area (Å²) in [6.07, 6.45) is -0.0146. The standard InChI is InChI=1S/C20H23N3O3S2/c1-12-9-23(11-20(3,4)26-12)18(24)17-15(10-27-19-22-21-13(2)28-19)14-7-5-6-8-16(14)25-17/h5-8,12H,9-11H2,1-4H3. The van der Waals surface area contributed by atoms with Gasteiger partial charge in [0.2, 0.25) is 0 Å². The van der Waals surface area contributed by atoms with Gasteiger partial charge in [0.25, 0.3) is 5.91 Å². The normalized spacial score (nSPS) is 19.3. The molecule has 1 aliphatic rings. The number of fused-ring (bicyclic) bond motifs is 1. The summed E-state index contributed by atoms with van der Waals surface area (Å²) in [4.78, 5) is 15.2. The van der Waals surface area contributed by atoms with Crippen LogP contribution >= 0.6 is 23.1 Å². The summed E-state index contributed by atoms with van der Waals surface area (Å²) in [5.41, 5.74) is 1.27. The van der Waals surface area contributed by atoms with Gasteiger partial charge in [-0.25, -0.2) is 0 Å². The van der Waals surface area contributed by atoms with E-state index < -0.39 is 0 Å². The predicted octanol–water partition coefficient (Wildman–Crippen LogP) is 4.52. The first kappa shape index (κ1) is 19.4. The van der Waals surface area contributed by atoms with Gasteiger partial charge in [0, 0.05) is 29.8 Å². The molecular formula is C20H23N3O3S2. The smallest absolute Gasteiger partial charge is 0.290 e. The van der Waals surface area contributed by atoms with E-state index >= 15 is 0 Å². The second kappa shape index (κ2) is 7.50. The van der Waals surface area contributed by atoms with E-state index in [1.807, 2.05) is 56.9 Å². The number of rotatable bonds is 4. The van der Waals surface area contributed by atoms with E-state index in [9.17, 15) is 4.79 Å². The molecule has 1 atom stereocenters. The minimum absolute atomic E-state index is 0.0146. The summed E-state index contributed by atoms with van der Waals surface area (Å²) in [7, 11) is 0. The zero-order chi connectivity index (χ0) is 19.9. The van der Waals surface area contributed by atoms with Crippen LogP contribution < -0.4 is 0 Å². The third kappa shape index (κ3) is 3.94. The number of thioether (sulfide) groups is 1. The summed E-state index contributed by atoms with van der Waals surface area (Å²) in [5.74, 6) is 0.944. The fourth-order valence-electron chi connectivity index (χ4n) is 3.64. The van der Waals surface area contributed by atoms with Crippen molar-refractivity contribution in [1.82, 2.24) is 15.1 Å². The molecule has 0 radical (unpaired) electrons. The molecule has 0 aliphatic carbocycles. The lowest BCUT2D eigenvalue weighted by Gasteiger charge is -2.41. The van der Waals surface area contributed by atoms with E-state index in [0.29, 0.717) is 24.6 Å². The highest BCUT2D eigenvalue weighted by atomic mass is 32.2. The molecule has 148 valence electrons. The lowest BCUT2D eigenvalue weighted by Crippen LogP contribution is -2.53. The molecule has 4 rings (SSSR count). The number of amides is 1. The maximum Gasteiger partial charge on any atom is 0.290 e. The molecule has 1 aromatic carbocycles. The Labute approximate surface area is 172 Å². The second-order valence-electron chi connectivity index (χ2n) is 7.66. The monoisotopic (exact) mass is 417 g/mol. The lowest BCUT2D eigenvalue weighted by atomic mass is 10.0. The van der Waals surface area contributed by atoms with Crippen LogP contribution in [0.15, 0.2) is 33.0 Å². The van der Waals surface area contributed by atoms with Crippen LogP contribution in [-0.4, -0.2) is 45.8 Å². The Kier molecular flexibility index (Phi) is 5.20. The van der Waals surface area contributed by atoms with Crippen LogP contribution in [0.4, 0.5) is 0 Å². The molecule has 28 heavy (non-hydrogen) atoms. The number of carbonyl (C=O) groups excluding carboxylic acids is 1. The number of nitrogens with zero attached hydrogens (tertiary/aromatic N) is 3. The van der Waals surface area contributed by atoms with Gasteiger partial charge in [-0.2, -0.15) is 0 Å². The van der Waals surface area contributed by atoms with Crippen molar-refractivity contribution in [2.45, 2.75) is 49.5 Å². The van der Waals surface area contributed by atoms with Crippen LogP contribution in [0.5, 0.6) is 0 Å². The van der Waals surface area contributed by atoms with Crippen molar-refractivity contribution in [2.24, 2.45) is 0 Å². The van der Waals surface area contributed by atoms with Gasteiger partial charge >= 0.3 is 0 Å². The van der Waals surface area contributed by atoms with Crippen LogP contribution in [0.3, 0.4) is 0 Å². The van der Waals surface area contributed by atoms with E-state index in [4.69, 9.17) is 9.15 Å². The van der Waals surface area contributed by atoms with Gasteiger partial charge in [0.15, 0.2) is 10.1 Å². The van der Waals surface area contributed by atoms with Crippen LogP contribution in [0.1, 0.15) is 41.9 Å². The molecule has 0 bridgehead atoms. The summed E-state index contributed by atoms with van der Waals surface area (Å²) in [6, 6.07) is 7.80. The van der Waals surface area contributed by atoms with Crippen molar-refractivity contribution in [3.05, 3.63) is 40.6 Å². The van der Waals surface area contributed by atoms with Gasteiger partial charge in [-0.15, -0.1) is 10.2 Å². The fourth-order valence-corrected chi connectivity index (χ4v) is 5.48. The number of furan rings is 1. The van der Waals surface area contributed by atoms with E-state index in [1.165, 1.54) is 0 Å². The molecule has 6 nitrogen and oxygen atoms in total. The van der Waals surface area contributed by atoms with Crippen molar-refractivity contribution < 1.29 is 13.9 Å². The molecule has 0 spiro atoms. The number of benzene rings is 1. The lowest BCUT2D eigenvalue weighted by molar-refractivity contribution is -0.119. The number of ether oxygens (including phenoxy) is 1. The SMILES string of the molecule is Cc1nnc(SCc2c(C(=O)N3CC(C)OC(C)(C)C3)oc3ccccc23)s1. The van der Waals surface area contributed by atoms with Gasteiger partial charge in [0.1, 0.15) is 10.6 Å². The van der Waals surface area contributed by atoms with Crippen LogP contribution in [0, 0.1) is 6.92 Å². The Bertz CT molecular complexity index is 1010. The van der Waals surface area contributed by atoms with Gasteiger partial charge in [-0.3, -0.25) is 4.79 Å². The minimum Gasteiger partial charge on any atom is -0.451 e. The number of aromatic nitrogens is 2. The number of aryl methyl sites for hydroxylation is 1. The highest BCUT2D eigenvalue weighted by molar-refractivity contribution is 8.00. The van der Waals surface area contributed by atoms with E-state index in [0.717, 1.165) is 25.9 Å². The average molecular weight is 418 g/mol. The fraction of sp³-hybridized carbons (Fsp3) is 0.450. The van der Waals surface area contributed by atoms with Crippen molar-refractivity contribution in [3.8, 4) is 0 Å². The van der Waals surface area contributed by atoms with E-state index in [1.54, 1.807) is 23.1 Å². The van der Waals surface area contributed by atoms with Crippen molar-refractivity contribution in [2.75, 3.05) is 13.1 Å². The number of para-hydroxylation sites is 1. The highest BCUT2D eigenvalue weighted by Crippen LogP contribution is 2.34. The summed E-state index contributed by atoms with van der Waals surface area (Å²) < 4.78 is 12.9. The number of hydrogen-bond acceptors (Lipinski definition) is 7. The Morgan fingerprint density at radius 3 is 2.86 bits per heavy atom. The largest absolute Gasteiger partial charge is 0.451 e. The van der Waals surface area contributed by atoms with Gasteiger partial charge < -0.3 is 14.1 Å². The highest BCUT2D eigenvalue weighted by Gasteiger charge is 2.36. The zero-order valence-electron chi connectivity index (χ0n) is 16.4. The second-order valence-corrected chi connectivity index (χ2v) is 10.1. The number of carbonyl (C=O) groups is 1. The van der Waals surface area contributed by atoms with Crippen molar-refractivity contribution >= 4 is 40.0 Å². The molecule has 3 aromatic rings. The molecule has 1 aliphatic heterocycles.